The first-order valence-corrected chi connectivity index (χ1v) is 5.94. The molecule has 96 valence electrons. The number of amides is 1. The highest BCUT2D eigenvalue weighted by molar-refractivity contribution is 6.03. The fourth-order valence-electron chi connectivity index (χ4n) is 2.19. The molecule has 1 aliphatic rings. The highest BCUT2D eigenvalue weighted by Gasteiger charge is 2.27. The van der Waals surface area contributed by atoms with Crippen molar-refractivity contribution in [2.45, 2.75) is 18.9 Å². The molecule has 1 atom stereocenters. The van der Waals surface area contributed by atoms with E-state index in [2.05, 4.69) is 5.32 Å². The molecule has 1 saturated heterocycles. The number of carbonyl (C=O) groups is 2. The molecule has 1 aromatic rings. The standard InChI is InChI=1S/C13H16N2O3/c1-15(12(16)10-6-4-8-14-10)11-7-3-2-5-9(11)13(17)18/h2-3,5,7,10,14H,4,6,8H2,1H3,(H,17,18)/t10-/m1/s1. The van der Waals surface area contributed by atoms with Gasteiger partial charge in [-0.25, -0.2) is 4.79 Å². The Bertz CT molecular complexity index is 467. The van der Waals surface area contributed by atoms with Crippen molar-refractivity contribution in [2.75, 3.05) is 18.5 Å². The van der Waals surface area contributed by atoms with Crippen molar-refractivity contribution in [3.8, 4) is 0 Å². The maximum atomic E-state index is 12.2. The van der Waals surface area contributed by atoms with Crippen molar-refractivity contribution in [3.63, 3.8) is 0 Å². The van der Waals surface area contributed by atoms with E-state index in [0.29, 0.717) is 5.69 Å². The second kappa shape index (κ2) is 5.18. The first-order valence-electron chi connectivity index (χ1n) is 5.94. The number of rotatable bonds is 3. The van der Waals surface area contributed by atoms with Gasteiger partial charge in [0.25, 0.3) is 0 Å². The Balaban J connectivity index is 2.25. The van der Waals surface area contributed by atoms with Crippen LogP contribution in [0.3, 0.4) is 0 Å². The minimum atomic E-state index is -1.02. The van der Waals surface area contributed by atoms with Gasteiger partial charge in [-0.2, -0.15) is 0 Å². The summed E-state index contributed by atoms with van der Waals surface area (Å²) in [5, 5.41) is 12.2. The molecule has 1 aromatic carbocycles. The average molecular weight is 248 g/mol. The zero-order valence-corrected chi connectivity index (χ0v) is 10.2. The molecule has 5 heteroatoms. The topological polar surface area (TPSA) is 69.6 Å². The number of anilines is 1. The lowest BCUT2D eigenvalue weighted by Crippen LogP contribution is -2.42. The minimum Gasteiger partial charge on any atom is -0.478 e. The Morgan fingerprint density at radius 1 is 1.39 bits per heavy atom. The lowest BCUT2D eigenvalue weighted by atomic mass is 10.1. The van der Waals surface area contributed by atoms with Crippen LogP contribution in [0, 0.1) is 0 Å². The number of carboxylic acids is 1. The summed E-state index contributed by atoms with van der Waals surface area (Å²) >= 11 is 0. The molecule has 0 aliphatic carbocycles. The van der Waals surface area contributed by atoms with E-state index in [4.69, 9.17) is 5.11 Å². The number of aromatic carboxylic acids is 1. The number of carbonyl (C=O) groups excluding carboxylic acids is 1. The molecule has 1 amide bonds. The third-order valence-electron chi connectivity index (χ3n) is 3.18. The second-order valence-electron chi connectivity index (χ2n) is 4.37. The smallest absolute Gasteiger partial charge is 0.337 e. The summed E-state index contributed by atoms with van der Waals surface area (Å²) in [6.45, 7) is 0.838. The van der Waals surface area contributed by atoms with Crippen molar-refractivity contribution in [1.29, 1.82) is 0 Å². The quantitative estimate of drug-likeness (QED) is 0.840. The van der Waals surface area contributed by atoms with E-state index in [1.165, 1.54) is 11.0 Å². The highest BCUT2D eigenvalue weighted by Crippen LogP contribution is 2.21. The van der Waals surface area contributed by atoms with Crippen LogP contribution in [0.2, 0.25) is 0 Å². The SMILES string of the molecule is CN(C(=O)[C@H]1CCCN1)c1ccccc1C(=O)O. The summed E-state index contributed by atoms with van der Waals surface area (Å²) in [6, 6.07) is 6.34. The molecule has 0 radical (unpaired) electrons. The third-order valence-corrected chi connectivity index (χ3v) is 3.18. The van der Waals surface area contributed by atoms with Gasteiger partial charge in [0.1, 0.15) is 0 Å². The fraction of sp³-hybridized carbons (Fsp3) is 0.385. The number of benzene rings is 1. The fourth-order valence-corrected chi connectivity index (χ4v) is 2.19. The molecule has 0 aromatic heterocycles. The van der Waals surface area contributed by atoms with E-state index < -0.39 is 5.97 Å². The van der Waals surface area contributed by atoms with Gasteiger partial charge in [-0.05, 0) is 31.5 Å². The van der Waals surface area contributed by atoms with Gasteiger partial charge in [0.2, 0.25) is 5.91 Å². The summed E-state index contributed by atoms with van der Waals surface area (Å²) in [5.41, 5.74) is 0.579. The van der Waals surface area contributed by atoms with Gasteiger partial charge in [-0.3, -0.25) is 4.79 Å². The lowest BCUT2D eigenvalue weighted by molar-refractivity contribution is -0.119. The summed E-state index contributed by atoms with van der Waals surface area (Å²) in [4.78, 5) is 24.7. The van der Waals surface area contributed by atoms with Crippen LogP contribution in [-0.4, -0.2) is 36.6 Å². The van der Waals surface area contributed by atoms with Crippen LogP contribution in [0.4, 0.5) is 5.69 Å². The maximum Gasteiger partial charge on any atom is 0.337 e. The van der Waals surface area contributed by atoms with E-state index >= 15 is 0 Å². The normalized spacial score (nSPS) is 18.6. The van der Waals surface area contributed by atoms with Crippen molar-refractivity contribution in [3.05, 3.63) is 29.8 Å². The largest absolute Gasteiger partial charge is 0.478 e. The molecule has 5 nitrogen and oxygen atoms in total. The Morgan fingerprint density at radius 2 is 2.11 bits per heavy atom. The van der Waals surface area contributed by atoms with E-state index in [1.807, 2.05) is 0 Å². The first-order chi connectivity index (χ1) is 8.61. The molecule has 2 N–H and O–H groups in total. The van der Waals surface area contributed by atoms with Crippen LogP contribution in [0.5, 0.6) is 0 Å². The summed E-state index contributed by atoms with van der Waals surface area (Å²) in [5.74, 6) is -1.11. The lowest BCUT2D eigenvalue weighted by Gasteiger charge is -2.22. The van der Waals surface area contributed by atoms with Crippen LogP contribution < -0.4 is 10.2 Å². The Labute approximate surface area is 105 Å². The monoisotopic (exact) mass is 248 g/mol. The van der Waals surface area contributed by atoms with Crippen LogP contribution >= 0.6 is 0 Å². The molecule has 0 spiro atoms. The number of hydrogen-bond acceptors (Lipinski definition) is 3. The minimum absolute atomic E-state index is 0.0822. The van der Waals surface area contributed by atoms with Crippen LogP contribution in [-0.2, 0) is 4.79 Å². The Hall–Kier alpha value is -1.88. The molecule has 1 aliphatic heterocycles. The van der Waals surface area contributed by atoms with Crippen LogP contribution in [0.25, 0.3) is 0 Å². The zero-order valence-electron chi connectivity index (χ0n) is 10.2. The summed E-state index contributed by atoms with van der Waals surface area (Å²) < 4.78 is 0. The summed E-state index contributed by atoms with van der Waals surface area (Å²) in [6.07, 6.45) is 1.78. The van der Waals surface area contributed by atoms with Gasteiger partial charge in [0, 0.05) is 7.05 Å². The number of para-hydroxylation sites is 1. The van der Waals surface area contributed by atoms with Gasteiger partial charge in [0.15, 0.2) is 0 Å². The second-order valence-corrected chi connectivity index (χ2v) is 4.37. The third kappa shape index (κ3) is 2.36. The molecule has 2 rings (SSSR count). The highest BCUT2D eigenvalue weighted by atomic mass is 16.4. The molecule has 1 heterocycles. The van der Waals surface area contributed by atoms with Crippen molar-refractivity contribution >= 4 is 17.6 Å². The van der Waals surface area contributed by atoms with Crippen LogP contribution in [0.1, 0.15) is 23.2 Å². The van der Waals surface area contributed by atoms with E-state index in [0.717, 1.165) is 19.4 Å². The van der Waals surface area contributed by atoms with E-state index in [-0.39, 0.29) is 17.5 Å². The maximum absolute atomic E-state index is 12.2. The number of carboxylic acid groups (broad SMARTS) is 1. The number of hydrogen-bond donors (Lipinski definition) is 2. The van der Waals surface area contributed by atoms with Gasteiger partial charge in [0.05, 0.1) is 17.3 Å². The van der Waals surface area contributed by atoms with E-state index in [9.17, 15) is 9.59 Å². The van der Waals surface area contributed by atoms with Gasteiger partial charge in [-0.15, -0.1) is 0 Å². The number of nitrogens with zero attached hydrogens (tertiary/aromatic N) is 1. The number of likely N-dealkylation sites (N-methyl/N-ethyl adjacent to an activating group) is 1. The molecule has 0 unspecified atom stereocenters. The Kier molecular flexibility index (Phi) is 3.62. The van der Waals surface area contributed by atoms with Crippen LogP contribution in [0.15, 0.2) is 24.3 Å². The molecule has 0 saturated carbocycles. The predicted octanol–water partition coefficient (Wildman–Crippen LogP) is 1.10. The van der Waals surface area contributed by atoms with E-state index in [1.54, 1.807) is 25.2 Å². The Morgan fingerprint density at radius 3 is 2.72 bits per heavy atom. The summed E-state index contributed by atoms with van der Waals surface area (Å²) in [7, 11) is 1.62. The first kappa shape index (κ1) is 12.6. The molecule has 0 bridgehead atoms. The van der Waals surface area contributed by atoms with Gasteiger partial charge >= 0.3 is 5.97 Å². The number of nitrogens with one attached hydrogen (secondary N) is 1. The molecule has 1 fully saturated rings. The van der Waals surface area contributed by atoms with Gasteiger partial charge < -0.3 is 15.3 Å². The van der Waals surface area contributed by atoms with Crippen molar-refractivity contribution < 1.29 is 14.7 Å². The molecular weight excluding hydrogens is 232 g/mol. The van der Waals surface area contributed by atoms with Gasteiger partial charge in [-0.1, -0.05) is 12.1 Å². The average Bonchev–Trinajstić information content (AvgIpc) is 2.90. The predicted molar refractivity (Wildman–Crippen MR) is 67.8 cm³/mol. The van der Waals surface area contributed by atoms with Crippen molar-refractivity contribution in [2.24, 2.45) is 0 Å². The van der Waals surface area contributed by atoms with Crippen molar-refractivity contribution in [1.82, 2.24) is 5.32 Å². The molecule has 18 heavy (non-hydrogen) atoms. The zero-order chi connectivity index (χ0) is 13.1. The molecular formula is C13H16N2O3.